The Bertz CT molecular complexity index is 1020. The third-order valence-corrected chi connectivity index (χ3v) is 5.62. The lowest BCUT2D eigenvalue weighted by Crippen LogP contribution is -2.48. The van der Waals surface area contributed by atoms with Crippen molar-refractivity contribution in [3.63, 3.8) is 0 Å². The first-order valence-electron chi connectivity index (χ1n) is 10.3. The van der Waals surface area contributed by atoms with Gasteiger partial charge in [0.15, 0.2) is 0 Å². The Morgan fingerprint density at radius 1 is 0.903 bits per heavy atom. The van der Waals surface area contributed by atoms with E-state index in [0.29, 0.717) is 36.0 Å². The standard InChI is InChI=1S/C25H24ClFN2O2/c26-22-2-1-3-24(16-22)31-18-20-4-8-21(9-5-20)25(30)29-14-12-28(13-15-29)17-19-6-10-23(27)11-7-19/h1-11,16H,12-15,17-18H2. The molecule has 0 radical (unpaired) electrons. The van der Waals surface area contributed by atoms with Crippen LogP contribution in [-0.2, 0) is 13.2 Å². The van der Waals surface area contributed by atoms with Gasteiger partial charge in [0.25, 0.3) is 5.91 Å². The molecule has 1 fully saturated rings. The molecule has 1 heterocycles. The monoisotopic (exact) mass is 438 g/mol. The molecule has 0 bridgehead atoms. The van der Waals surface area contributed by atoms with E-state index in [0.717, 1.165) is 30.8 Å². The van der Waals surface area contributed by atoms with E-state index in [4.69, 9.17) is 16.3 Å². The van der Waals surface area contributed by atoms with E-state index in [1.165, 1.54) is 12.1 Å². The number of ether oxygens (including phenoxy) is 1. The number of nitrogens with zero attached hydrogens (tertiary/aromatic N) is 2. The number of hydrogen-bond donors (Lipinski definition) is 0. The Hall–Kier alpha value is -2.89. The molecule has 0 spiro atoms. The van der Waals surface area contributed by atoms with Crippen molar-refractivity contribution in [3.8, 4) is 5.75 Å². The van der Waals surface area contributed by atoms with Gasteiger partial charge in [-0.1, -0.05) is 41.9 Å². The van der Waals surface area contributed by atoms with E-state index in [1.807, 2.05) is 53.4 Å². The highest BCUT2D eigenvalue weighted by Gasteiger charge is 2.22. The number of benzene rings is 3. The van der Waals surface area contributed by atoms with Gasteiger partial charge in [-0.2, -0.15) is 0 Å². The minimum Gasteiger partial charge on any atom is -0.489 e. The maximum absolute atomic E-state index is 13.1. The van der Waals surface area contributed by atoms with Crippen LogP contribution in [0.15, 0.2) is 72.8 Å². The Labute approximate surface area is 186 Å². The van der Waals surface area contributed by atoms with Crippen molar-refractivity contribution >= 4 is 17.5 Å². The zero-order valence-corrected chi connectivity index (χ0v) is 17.9. The van der Waals surface area contributed by atoms with Gasteiger partial charge in [-0.15, -0.1) is 0 Å². The first-order chi connectivity index (χ1) is 15.1. The first-order valence-corrected chi connectivity index (χ1v) is 10.7. The minimum atomic E-state index is -0.221. The molecule has 31 heavy (non-hydrogen) atoms. The summed E-state index contributed by atoms with van der Waals surface area (Å²) in [4.78, 5) is 17.0. The van der Waals surface area contributed by atoms with Gasteiger partial charge in [-0.05, 0) is 53.6 Å². The molecule has 3 aromatic carbocycles. The summed E-state index contributed by atoms with van der Waals surface area (Å²) in [5.74, 6) is 0.538. The predicted octanol–water partition coefficient (Wildman–Crippen LogP) is 5.02. The van der Waals surface area contributed by atoms with Crippen LogP contribution in [0.3, 0.4) is 0 Å². The summed E-state index contributed by atoms with van der Waals surface area (Å²) in [5, 5.41) is 0.635. The van der Waals surface area contributed by atoms with E-state index in [-0.39, 0.29) is 11.7 Å². The van der Waals surface area contributed by atoms with Crippen LogP contribution in [-0.4, -0.2) is 41.9 Å². The van der Waals surface area contributed by atoms with E-state index >= 15 is 0 Å². The summed E-state index contributed by atoms with van der Waals surface area (Å²) in [6.45, 7) is 4.14. The summed E-state index contributed by atoms with van der Waals surface area (Å²) in [5.41, 5.74) is 2.75. The van der Waals surface area contributed by atoms with Crippen LogP contribution >= 0.6 is 11.6 Å². The van der Waals surface area contributed by atoms with Gasteiger partial charge in [0.1, 0.15) is 18.2 Å². The Kier molecular flexibility index (Phi) is 6.85. The molecular weight excluding hydrogens is 415 g/mol. The fraction of sp³-hybridized carbons (Fsp3) is 0.240. The van der Waals surface area contributed by atoms with Crippen molar-refractivity contribution in [1.82, 2.24) is 9.80 Å². The topological polar surface area (TPSA) is 32.8 Å². The van der Waals surface area contributed by atoms with Crippen molar-refractivity contribution in [2.24, 2.45) is 0 Å². The van der Waals surface area contributed by atoms with Gasteiger partial charge < -0.3 is 9.64 Å². The van der Waals surface area contributed by atoms with Crippen LogP contribution in [0, 0.1) is 5.82 Å². The zero-order valence-electron chi connectivity index (χ0n) is 17.1. The van der Waals surface area contributed by atoms with Crippen molar-refractivity contribution in [2.75, 3.05) is 26.2 Å². The highest BCUT2D eigenvalue weighted by atomic mass is 35.5. The summed E-state index contributed by atoms with van der Waals surface area (Å²) in [6.07, 6.45) is 0. The molecule has 1 amide bonds. The fourth-order valence-electron chi connectivity index (χ4n) is 3.61. The second-order valence-corrected chi connectivity index (χ2v) is 8.07. The molecule has 1 aliphatic heterocycles. The van der Waals surface area contributed by atoms with Crippen molar-refractivity contribution in [2.45, 2.75) is 13.2 Å². The summed E-state index contributed by atoms with van der Waals surface area (Å²) in [7, 11) is 0. The number of piperazine rings is 1. The molecule has 0 aliphatic carbocycles. The van der Waals surface area contributed by atoms with Gasteiger partial charge in [0.2, 0.25) is 0 Å². The molecule has 1 saturated heterocycles. The van der Waals surface area contributed by atoms with Crippen LogP contribution in [0.5, 0.6) is 5.75 Å². The van der Waals surface area contributed by atoms with Crippen LogP contribution in [0.25, 0.3) is 0 Å². The lowest BCUT2D eigenvalue weighted by Gasteiger charge is -2.34. The fourth-order valence-corrected chi connectivity index (χ4v) is 3.79. The molecule has 0 saturated carbocycles. The Morgan fingerprint density at radius 2 is 1.58 bits per heavy atom. The molecule has 3 aromatic rings. The molecule has 4 rings (SSSR count). The van der Waals surface area contributed by atoms with Gasteiger partial charge >= 0.3 is 0 Å². The van der Waals surface area contributed by atoms with Crippen molar-refractivity contribution in [1.29, 1.82) is 0 Å². The summed E-state index contributed by atoms with van der Waals surface area (Å²) >= 11 is 5.97. The van der Waals surface area contributed by atoms with E-state index < -0.39 is 0 Å². The zero-order chi connectivity index (χ0) is 21.6. The van der Waals surface area contributed by atoms with Gasteiger partial charge in [-0.25, -0.2) is 4.39 Å². The third kappa shape index (κ3) is 5.84. The summed E-state index contributed by atoms with van der Waals surface area (Å²) in [6, 6.07) is 21.4. The van der Waals surface area contributed by atoms with Crippen LogP contribution in [0.4, 0.5) is 4.39 Å². The highest BCUT2D eigenvalue weighted by Crippen LogP contribution is 2.19. The second kappa shape index (κ2) is 9.94. The van der Waals surface area contributed by atoms with E-state index in [9.17, 15) is 9.18 Å². The summed E-state index contributed by atoms with van der Waals surface area (Å²) < 4.78 is 18.8. The largest absolute Gasteiger partial charge is 0.489 e. The molecular formula is C25H24ClFN2O2. The second-order valence-electron chi connectivity index (χ2n) is 7.64. The molecule has 6 heteroatoms. The van der Waals surface area contributed by atoms with Crippen LogP contribution < -0.4 is 4.74 Å². The van der Waals surface area contributed by atoms with E-state index in [2.05, 4.69) is 4.90 Å². The van der Waals surface area contributed by atoms with Gasteiger partial charge in [0, 0.05) is 43.3 Å². The quantitative estimate of drug-likeness (QED) is 0.542. The number of rotatable bonds is 6. The molecule has 4 nitrogen and oxygen atoms in total. The maximum atomic E-state index is 13.1. The molecule has 160 valence electrons. The maximum Gasteiger partial charge on any atom is 0.253 e. The first kappa shape index (κ1) is 21.3. The lowest BCUT2D eigenvalue weighted by atomic mass is 10.1. The average molecular weight is 439 g/mol. The number of halogens is 2. The lowest BCUT2D eigenvalue weighted by molar-refractivity contribution is 0.0628. The molecule has 1 aliphatic rings. The van der Waals surface area contributed by atoms with Crippen LogP contribution in [0.1, 0.15) is 21.5 Å². The number of carbonyl (C=O) groups is 1. The van der Waals surface area contributed by atoms with Crippen LogP contribution in [0.2, 0.25) is 5.02 Å². The number of amides is 1. The smallest absolute Gasteiger partial charge is 0.253 e. The van der Waals surface area contributed by atoms with Gasteiger partial charge in [0.05, 0.1) is 0 Å². The molecule has 0 unspecified atom stereocenters. The predicted molar refractivity (Wildman–Crippen MR) is 120 cm³/mol. The normalized spacial score (nSPS) is 14.5. The molecule has 0 N–H and O–H groups in total. The molecule has 0 atom stereocenters. The Balaban J connectivity index is 1.27. The van der Waals surface area contributed by atoms with E-state index in [1.54, 1.807) is 12.1 Å². The Morgan fingerprint density at radius 3 is 2.26 bits per heavy atom. The molecule has 0 aromatic heterocycles. The highest BCUT2D eigenvalue weighted by molar-refractivity contribution is 6.30. The van der Waals surface area contributed by atoms with Crippen molar-refractivity contribution < 1.29 is 13.9 Å². The third-order valence-electron chi connectivity index (χ3n) is 5.38. The number of carbonyl (C=O) groups excluding carboxylic acids is 1. The SMILES string of the molecule is O=C(c1ccc(COc2cccc(Cl)c2)cc1)N1CCN(Cc2ccc(F)cc2)CC1. The average Bonchev–Trinajstić information content (AvgIpc) is 2.80. The number of hydrogen-bond acceptors (Lipinski definition) is 3. The van der Waals surface area contributed by atoms with Crippen molar-refractivity contribution in [3.05, 3.63) is 100 Å². The minimum absolute atomic E-state index is 0.0451. The van der Waals surface area contributed by atoms with Gasteiger partial charge in [-0.3, -0.25) is 9.69 Å².